The van der Waals surface area contributed by atoms with Crippen LogP contribution in [0.3, 0.4) is 0 Å². The minimum Gasteiger partial charge on any atom is -0.481 e. The molecule has 1 N–H and O–H groups in total. The first-order valence-electron chi connectivity index (χ1n) is 4.59. The van der Waals surface area contributed by atoms with Crippen molar-refractivity contribution in [3.63, 3.8) is 0 Å². The van der Waals surface area contributed by atoms with Gasteiger partial charge in [0.15, 0.2) is 5.78 Å². The molecule has 0 aliphatic heterocycles. The molecular weight excluding hydrogens is 295 g/mol. The van der Waals surface area contributed by atoms with Crippen molar-refractivity contribution in [1.82, 2.24) is 0 Å². The van der Waals surface area contributed by atoms with Crippen LogP contribution in [-0.2, 0) is 22.4 Å². The van der Waals surface area contributed by atoms with Gasteiger partial charge >= 0.3 is 5.97 Å². The first-order valence-corrected chi connectivity index (χ1v) is 5.92. The molecule has 0 saturated carbocycles. The fourth-order valence-corrected chi connectivity index (χ4v) is 1.86. The maximum absolute atomic E-state index is 11.2. The normalized spacial score (nSPS) is 10.1. The van der Waals surface area contributed by atoms with Gasteiger partial charge < -0.3 is 5.11 Å². The third-order valence-corrected chi connectivity index (χ3v) is 2.84. The van der Waals surface area contributed by atoms with Crippen LogP contribution in [0.1, 0.15) is 11.1 Å². The molecule has 0 aliphatic carbocycles. The lowest BCUT2D eigenvalue weighted by molar-refractivity contribution is -0.136. The Bertz CT molecular complexity index is 418. The fourth-order valence-electron chi connectivity index (χ4n) is 1.35. The first kappa shape index (κ1) is 13.2. The van der Waals surface area contributed by atoms with Crippen LogP contribution < -0.4 is 0 Å². The molecule has 0 fully saturated rings. The average Bonchev–Trinajstić information content (AvgIpc) is 2.21. The summed E-state index contributed by atoms with van der Waals surface area (Å²) in [6.45, 7) is 0. The number of halogens is 2. The number of carbonyl (C=O) groups excluding carboxylic acids is 1. The molecule has 0 saturated heterocycles. The van der Waals surface area contributed by atoms with E-state index in [2.05, 4.69) is 15.9 Å². The summed E-state index contributed by atoms with van der Waals surface area (Å²) in [6, 6.07) is 5.21. The van der Waals surface area contributed by atoms with Gasteiger partial charge in [0.2, 0.25) is 0 Å². The van der Waals surface area contributed by atoms with Crippen molar-refractivity contribution in [2.75, 3.05) is 5.88 Å². The van der Waals surface area contributed by atoms with Crippen LogP contribution in [0.5, 0.6) is 0 Å². The molecule has 0 radical (unpaired) electrons. The van der Waals surface area contributed by atoms with Crippen LogP contribution in [-0.4, -0.2) is 22.7 Å². The molecule has 1 rings (SSSR count). The summed E-state index contributed by atoms with van der Waals surface area (Å²) >= 11 is 8.70. The van der Waals surface area contributed by atoms with Crippen molar-refractivity contribution in [3.8, 4) is 0 Å². The number of alkyl halides is 1. The number of Topliss-reactive ketones (excluding diaryl/α,β-unsaturated/α-hetero) is 1. The number of carbonyl (C=O) groups is 2. The van der Waals surface area contributed by atoms with E-state index in [0.717, 1.165) is 4.47 Å². The zero-order valence-electron chi connectivity index (χ0n) is 8.37. The van der Waals surface area contributed by atoms with Crippen LogP contribution in [0, 0.1) is 0 Å². The average molecular weight is 306 g/mol. The second-order valence-corrected chi connectivity index (χ2v) is 4.52. The van der Waals surface area contributed by atoms with Gasteiger partial charge in [-0.05, 0) is 23.3 Å². The van der Waals surface area contributed by atoms with Gasteiger partial charge in [-0.25, -0.2) is 0 Å². The van der Waals surface area contributed by atoms with Gasteiger partial charge in [-0.3, -0.25) is 9.59 Å². The molecule has 16 heavy (non-hydrogen) atoms. The van der Waals surface area contributed by atoms with Gasteiger partial charge in [-0.1, -0.05) is 22.0 Å². The Kier molecular flexibility index (Phi) is 4.96. The highest BCUT2D eigenvalue weighted by Crippen LogP contribution is 2.18. The van der Waals surface area contributed by atoms with Gasteiger partial charge in [0.25, 0.3) is 0 Å². The minimum atomic E-state index is -0.915. The van der Waals surface area contributed by atoms with Gasteiger partial charge in [-0.2, -0.15) is 0 Å². The molecular formula is C11H10BrClO3. The number of ketones is 1. The molecule has 0 unspecified atom stereocenters. The predicted octanol–water partition coefficient (Wildman–Crippen LogP) is 2.43. The summed E-state index contributed by atoms with van der Waals surface area (Å²) in [6.07, 6.45) is 0.0870. The van der Waals surface area contributed by atoms with Gasteiger partial charge in [0.05, 0.1) is 12.3 Å². The Morgan fingerprint density at radius 3 is 2.50 bits per heavy atom. The van der Waals surface area contributed by atoms with Crippen molar-refractivity contribution in [1.29, 1.82) is 0 Å². The van der Waals surface area contributed by atoms with Crippen molar-refractivity contribution in [2.45, 2.75) is 12.8 Å². The third-order valence-electron chi connectivity index (χ3n) is 2.05. The number of hydrogen-bond donors (Lipinski definition) is 1. The summed E-state index contributed by atoms with van der Waals surface area (Å²) in [7, 11) is 0. The highest BCUT2D eigenvalue weighted by molar-refractivity contribution is 9.10. The van der Waals surface area contributed by atoms with Gasteiger partial charge in [0, 0.05) is 10.9 Å². The van der Waals surface area contributed by atoms with E-state index in [0.29, 0.717) is 11.1 Å². The van der Waals surface area contributed by atoms with Crippen molar-refractivity contribution >= 4 is 39.3 Å². The maximum Gasteiger partial charge on any atom is 0.307 e. The lowest BCUT2D eigenvalue weighted by Crippen LogP contribution is -2.09. The lowest BCUT2D eigenvalue weighted by atomic mass is 10.0. The van der Waals surface area contributed by atoms with Gasteiger partial charge in [0.1, 0.15) is 0 Å². The smallest absolute Gasteiger partial charge is 0.307 e. The molecule has 3 nitrogen and oxygen atoms in total. The Labute approximate surface area is 107 Å². The summed E-state index contributed by atoms with van der Waals surface area (Å²) in [4.78, 5) is 21.9. The summed E-state index contributed by atoms with van der Waals surface area (Å²) in [5, 5.41) is 8.73. The summed E-state index contributed by atoms with van der Waals surface area (Å²) in [5.74, 6) is -1.09. The number of benzene rings is 1. The number of aliphatic carboxylic acids is 1. The van der Waals surface area contributed by atoms with Crippen molar-refractivity contribution in [2.24, 2.45) is 0 Å². The topological polar surface area (TPSA) is 54.4 Å². The van der Waals surface area contributed by atoms with Crippen molar-refractivity contribution in [3.05, 3.63) is 33.8 Å². The summed E-state index contributed by atoms with van der Waals surface area (Å²) < 4.78 is 0.819. The van der Waals surface area contributed by atoms with E-state index in [1.807, 2.05) is 0 Å². The maximum atomic E-state index is 11.2. The number of carboxylic acids is 1. The standard InChI is InChI=1S/C11H10BrClO3/c12-9-2-1-7(5-11(15)16)8(3-9)4-10(14)6-13/h1-3H,4-6H2,(H,15,16). The van der Waals surface area contributed by atoms with Crippen molar-refractivity contribution < 1.29 is 14.7 Å². The number of carboxylic acid groups (broad SMARTS) is 1. The summed E-state index contributed by atoms with van der Waals surface area (Å²) in [5.41, 5.74) is 1.36. The zero-order chi connectivity index (χ0) is 12.1. The monoisotopic (exact) mass is 304 g/mol. The van der Waals surface area contributed by atoms with E-state index < -0.39 is 5.97 Å². The fraction of sp³-hybridized carbons (Fsp3) is 0.273. The van der Waals surface area contributed by atoms with E-state index in [1.165, 1.54) is 0 Å². The predicted molar refractivity (Wildman–Crippen MR) is 64.9 cm³/mol. The molecule has 0 bridgehead atoms. The molecule has 0 atom stereocenters. The highest BCUT2D eigenvalue weighted by atomic mass is 79.9. The second-order valence-electron chi connectivity index (χ2n) is 3.33. The molecule has 0 aliphatic rings. The Morgan fingerprint density at radius 1 is 1.25 bits per heavy atom. The molecule has 0 spiro atoms. The quantitative estimate of drug-likeness (QED) is 0.850. The van der Waals surface area contributed by atoms with E-state index >= 15 is 0 Å². The van der Waals surface area contributed by atoms with Crippen LogP contribution in [0.25, 0.3) is 0 Å². The molecule has 0 heterocycles. The largest absolute Gasteiger partial charge is 0.481 e. The third kappa shape index (κ3) is 3.94. The van der Waals surface area contributed by atoms with Gasteiger partial charge in [-0.15, -0.1) is 11.6 Å². The first-order chi connectivity index (χ1) is 7.52. The van der Waals surface area contributed by atoms with E-state index in [4.69, 9.17) is 16.7 Å². The molecule has 5 heteroatoms. The Balaban J connectivity index is 2.98. The van der Waals surface area contributed by atoms with E-state index in [9.17, 15) is 9.59 Å². The molecule has 86 valence electrons. The molecule has 0 aromatic heterocycles. The second kappa shape index (κ2) is 6.01. The van der Waals surface area contributed by atoms with Crippen LogP contribution >= 0.6 is 27.5 Å². The van der Waals surface area contributed by atoms with Crippen LogP contribution in [0.15, 0.2) is 22.7 Å². The Morgan fingerprint density at radius 2 is 1.94 bits per heavy atom. The zero-order valence-corrected chi connectivity index (χ0v) is 10.7. The minimum absolute atomic E-state index is 0.0565. The highest BCUT2D eigenvalue weighted by Gasteiger charge is 2.10. The van der Waals surface area contributed by atoms with E-state index in [-0.39, 0.29) is 24.5 Å². The molecule has 0 amide bonds. The number of hydrogen-bond acceptors (Lipinski definition) is 2. The lowest BCUT2D eigenvalue weighted by Gasteiger charge is -2.07. The SMILES string of the molecule is O=C(O)Cc1ccc(Br)cc1CC(=O)CCl. The van der Waals surface area contributed by atoms with Crippen LogP contribution in [0.4, 0.5) is 0 Å². The molecule has 1 aromatic carbocycles. The molecule has 1 aromatic rings. The van der Waals surface area contributed by atoms with Crippen LogP contribution in [0.2, 0.25) is 0 Å². The Hall–Kier alpha value is -0.870. The number of rotatable bonds is 5. The van der Waals surface area contributed by atoms with E-state index in [1.54, 1.807) is 18.2 Å².